The zero-order valence-electron chi connectivity index (χ0n) is 11.6. The molecule has 2 aromatic carbocycles. The lowest BCUT2D eigenvalue weighted by Gasteiger charge is -2.19. The zero-order valence-corrected chi connectivity index (χ0v) is 13.2. The molecule has 1 heterocycles. The Hall–Kier alpha value is -1.98. The maximum Gasteiger partial charge on any atom is 0.150 e. The van der Waals surface area contributed by atoms with E-state index in [4.69, 9.17) is 9.84 Å². The summed E-state index contributed by atoms with van der Waals surface area (Å²) in [6.07, 6.45) is 1.53. The Morgan fingerprint density at radius 3 is 2.50 bits per heavy atom. The molecular formula is C17H14BrFO3. The second kappa shape index (κ2) is 7.87. The van der Waals surface area contributed by atoms with E-state index in [9.17, 15) is 9.18 Å². The standard InChI is InChI=1S/C10H6BrFO2.C7H8O/c11-8-3-1-2-6-7(4-13)9(12)5-14-10(6)8;8-6-7-4-2-1-3-5-7/h1-5,7H;1-5,8H,6H2. The van der Waals surface area contributed by atoms with Crippen molar-refractivity contribution in [3.8, 4) is 5.75 Å². The van der Waals surface area contributed by atoms with Crippen LogP contribution in [0.1, 0.15) is 17.0 Å². The highest BCUT2D eigenvalue weighted by atomic mass is 79.9. The lowest BCUT2D eigenvalue weighted by molar-refractivity contribution is -0.108. The van der Waals surface area contributed by atoms with Crippen molar-refractivity contribution >= 4 is 22.2 Å². The number of halogens is 2. The number of hydrogen-bond acceptors (Lipinski definition) is 3. The molecule has 0 radical (unpaired) electrons. The first kappa shape index (κ1) is 16.4. The molecule has 22 heavy (non-hydrogen) atoms. The second-order valence-electron chi connectivity index (χ2n) is 4.54. The van der Waals surface area contributed by atoms with Crippen LogP contribution in [0, 0.1) is 0 Å². The van der Waals surface area contributed by atoms with Crippen LogP contribution in [0.15, 0.2) is 65.1 Å². The molecule has 0 saturated heterocycles. The summed E-state index contributed by atoms with van der Waals surface area (Å²) in [5.74, 6) is -0.896. The van der Waals surface area contributed by atoms with Crippen molar-refractivity contribution < 1.29 is 19.0 Å². The molecule has 1 atom stereocenters. The van der Waals surface area contributed by atoms with E-state index in [1.165, 1.54) is 0 Å². The lowest BCUT2D eigenvalue weighted by atomic mass is 9.97. The van der Waals surface area contributed by atoms with Crippen LogP contribution < -0.4 is 4.74 Å². The van der Waals surface area contributed by atoms with Crippen LogP contribution in [0.3, 0.4) is 0 Å². The molecule has 2 aromatic rings. The number of benzene rings is 2. The number of hydrogen-bond donors (Lipinski definition) is 1. The van der Waals surface area contributed by atoms with E-state index in [2.05, 4.69) is 15.9 Å². The van der Waals surface area contributed by atoms with Gasteiger partial charge in [0.25, 0.3) is 0 Å². The monoisotopic (exact) mass is 364 g/mol. The third-order valence-electron chi connectivity index (χ3n) is 3.08. The highest BCUT2D eigenvalue weighted by molar-refractivity contribution is 9.10. The summed E-state index contributed by atoms with van der Waals surface area (Å²) in [6, 6.07) is 14.7. The number of carbonyl (C=O) groups excluding carboxylic acids is 1. The minimum absolute atomic E-state index is 0.140. The van der Waals surface area contributed by atoms with Crippen LogP contribution in [0.5, 0.6) is 5.75 Å². The normalized spacial score (nSPS) is 15.6. The number of fused-ring (bicyclic) bond motifs is 1. The molecule has 1 aliphatic rings. The molecule has 0 aromatic heterocycles. The molecule has 3 rings (SSSR count). The topological polar surface area (TPSA) is 46.5 Å². The predicted octanol–water partition coefficient (Wildman–Crippen LogP) is 4.11. The second-order valence-corrected chi connectivity index (χ2v) is 5.39. The first-order chi connectivity index (χ1) is 10.7. The van der Waals surface area contributed by atoms with Crippen molar-refractivity contribution in [3.63, 3.8) is 0 Å². The summed E-state index contributed by atoms with van der Waals surface area (Å²) >= 11 is 3.27. The predicted molar refractivity (Wildman–Crippen MR) is 85.1 cm³/mol. The molecule has 1 aliphatic heterocycles. The van der Waals surface area contributed by atoms with Gasteiger partial charge in [-0.3, -0.25) is 0 Å². The lowest BCUT2D eigenvalue weighted by Crippen LogP contribution is -2.09. The van der Waals surface area contributed by atoms with E-state index < -0.39 is 11.7 Å². The summed E-state index contributed by atoms with van der Waals surface area (Å²) < 4.78 is 18.9. The summed E-state index contributed by atoms with van der Waals surface area (Å²) in [7, 11) is 0. The molecule has 3 nitrogen and oxygen atoms in total. The number of ether oxygens (including phenoxy) is 1. The van der Waals surface area contributed by atoms with Crippen LogP contribution in [-0.4, -0.2) is 11.4 Å². The van der Waals surface area contributed by atoms with Gasteiger partial charge in [0.15, 0.2) is 0 Å². The smallest absolute Gasteiger partial charge is 0.150 e. The molecule has 1 N–H and O–H groups in total. The van der Waals surface area contributed by atoms with Gasteiger partial charge in [-0.15, -0.1) is 0 Å². The van der Waals surface area contributed by atoms with Gasteiger partial charge in [0.05, 0.1) is 17.0 Å². The molecule has 5 heteroatoms. The molecule has 1 unspecified atom stereocenters. The molecule has 0 amide bonds. The van der Waals surface area contributed by atoms with Crippen molar-refractivity contribution in [2.75, 3.05) is 0 Å². The third kappa shape index (κ3) is 3.81. The van der Waals surface area contributed by atoms with Gasteiger partial charge in [-0.1, -0.05) is 42.5 Å². The number of para-hydroxylation sites is 1. The highest BCUT2D eigenvalue weighted by Crippen LogP contribution is 2.39. The van der Waals surface area contributed by atoms with E-state index in [-0.39, 0.29) is 6.61 Å². The highest BCUT2D eigenvalue weighted by Gasteiger charge is 2.25. The maximum atomic E-state index is 13.1. The SMILES string of the molecule is O=CC1C(F)=COc2c(Br)cccc21.OCc1ccccc1. The Kier molecular flexibility index (Phi) is 5.86. The Bertz CT molecular complexity index is 671. The average Bonchev–Trinajstić information content (AvgIpc) is 2.56. The minimum atomic E-state index is -0.837. The van der Waals surface area contributed by atoms with Gasteiger partial charge in [-0.25, -0.2) is 4.39 Å². The number of aliphatic hydroxyl groups excluding tert-OH is 1. The summed E-state index contributed by atoms with van der Waals surface area (Å²) in [5, 5.41) is 8.54. The molecule has 0 aliphatic carbocycles. The number of allylic oxidation sites excluding steroid dienone is 1. The van der Waals surface area contributed by atoms with Gasteiger partial charge < -0.3 is 14.6 Å². The van der Waals surface area contributed by atoms with Gasteiger partial charge in [-0.05, 0) is 27.6 Å². The Morgan fingerprint density at radius 1 is 1.18 bits per heavy atom. The van der Waals surface area contributed by atoms with Crippen molar-refractivity contribution in [3.05, 3.63) is 76.2 Å². The molecular weight excluding hydrogens is 351 g/mol. The van der Waals surface area contributed by atoms with Crippen molar-refractivity contribution in [1.82, 2.24) is 0 Å². The Labute approximate surface area is 136 Å². The van der Waals surface area contributed by atoms with E-state index >= 15 is 0 Å². The minimum Gasteiger partial charge on any atom is -0.461 e. The van der Waals surface area contributed by atoms with Crippen LogP contribution in [-0.2, 0) is 11.4 Å². The summed E-state index contributed by atoms with van der Waals surface area (Å²) in [6.45, 7) is 0.140. The van der Waals surface area contributed by atoms with E-state index in [0.717, 1.165) is 11.8 Å². The Balaban J connectivity index is 0.000000188. The van der Waals surface area contributed by atoms with E-state index in [0.29, 0.717) is 22.1 Å². The van der Waals surface area contributed by atoms with Gasteiger partial charge >= 0.3 is 0 Å². The van der Waals surface area contributed by atoms with Crippen molar-refractivity contribution in [2.24, 2.45) is 0 Å². The first-order valence-electron chi connectivity index (χ1n) is 6.58. The van der Waals surface area contributed by atoms with Gasteiger partial charge in [0.1, 0.15) is 24.1 Å². The van der Waals surface area contributed by atoms with Crippen LogP contribution in [0.25, 0.3) is 0 Å². The molecule has 0 saturated carbocycles. The third-order valence-corrected chi connectivity index (χ3v) is 3.70. The van der Waals surface area contributed by atoms with Gasteiger partial charge in [0, 0.05) is 5.56 Å². The van der Waals surface area contributed by atoms with Crippen LogP contribution in [0.2, 0.25) is 0 Å². The number of aldehydes is 1. The fourth-order valence-corrected chi connectivity index (χ4v) is 2.43. The quantitative estimate of drug-likeness (QED) is 0.815. The maximum absolute atomic E-state index is 13.1. The van der Waals surface area contributed by atoms with E-state index in [1.807, 2.05) is 30.3 Å². The molecule has 0 bridgehead atoms. The summed E-state index contributed by atoms with van der Waals surface area (Å²) in [4.78, 5) is 10.7. The first-order valence-corrected chi connectivity index (χ1v) is 7.37. The average molecular weight is 365 g/mol. The molecule has 0 spiro atoms. The fraction of sp³-hybridized carbons (Fsp3) is 0.118. The van der Waals surface area contributed by atoms with Crippen molar-refractivity contribution in [2.45, 2.75) is 12.5 Å². The number of carbonyl (C=O) groups is 1. The van der Waals surface area contributed by atoms with Crippen LogP contribution in [0.4, 0.5) is 4.39 Å². The van der Waals surface area contributed by atoms with Gasteiger partial charge in [-0.2, -0.15) is 0 Å². The summed E-state index contributed by atoms with van der Waals surface area (Å²) in [5.41, 5.74) is 1.52. The molecule has 114 valence electrons. The largest absolute Gasteiger partial charge is 0.461 e. The van der Waals surface area contributed by atoms with Crippen molar-refractivity contribution in [1.29, 1.82) is 0 Å². The van der Waals surface area contributed by atoms with E-state index in [1.54, 1.807) is 18.2 Å². The molecule has 0 fully saturated rings. The van der Waals surface area contributed by atoms with Crippen LogP contribution >= 0.6 is 15.9 Å². The number of rotatable bonds is 2. The fourth-order valence-electron chi connectivity index (χ4n) is 1.95. The van der Waals surface area contributed by atoms with Gasteiger partial charge in [0.2, 0.25) is 0 Å². The Morgan fingerprint density at radius 2 is 1.91 bits per heavy atom. The number of aliphatic hydroxyl groups is 1. The zero-order chi connectivity index (χ0) is 15.9.